The van der Waals surface area contributed by atoms with E-state index in [0.29, 0.717) is 25.2 Å². The molecule has 0 unspecified atom stereocenters. The minimum Gasteiger partial charge on any atom is -0.393 e. The average Bonchev–Trinajstić information content (AvgIpc) is 3.34. The molecule has 0 bridgehead atoms. The van der Waals surface area contributed by atoms with Gasteiger partial charge in [-0.2, -0.15) is 0 Å². The summed E-state index contributed by atoms with van der Waals surface area (Å²) >= 11 is 0. The molecule has 3 heterocycles. The van der Waals surface area contributed by atoms with Crippen LogP contribution in [0.25, 0.3) is 5.69 Å². The van der Waals surface area contributed by atoms with E-state index < -0.39 is 0 Å². The van der Waals surface area contributed by atoms with Gasteiger partial charge in [-0.3, -0.25) is 4.79 Å². The number of aromatic nitrogens is 1. The highest BCUT2D eigenvalue weighted by Gasteiger charge is 2.39. The molecule has 2 fully saturated rings. The fraction of sp³-hybridized carbons (Fsp3) is 0.450. The van der Waals surface area contributed by atoms with Gasteiger partial charge in [0.25, 0.3) is 5.91 Å². The summed E-state index contributed by atoms with van der Waals surface area (Å²) < 4.78 is 7.57. The average molecular weight is 340 g/mol. The molecule has 4 rings (SSSR count). The molecule has 25 heavy (non-hydrogen) atoms. The number of rotatable bonds is 3. The number of carbonyl (C=O) groups is 1. The number of ether oxygens (including phenoxy) is 1. The molecular formula is C20H24N2O3. The van der Waals surface area contributed by atoms with Crippen LogP contribution in [-0.4, -0.2) is 52.4 Å². The summed E-state index contributed by atoms with van der Waals surface area (Å²) in [6.07, 6.45) is 6.19. The largest absolute Gasteiger partial charge is 0.393 e. The second-order valence-corrected chi connectivity index (χ2v) is 6.94. The summed E-state index contributed by atoms with van der Waals surface area (Å²) in [6, 6.07) is 11.7. The maximum Gasteiger partial charge on any atom is 0.254 e. The summed E-state index contributed by atoms with van der Waals surface area (Å²) in [6.45, 7) is 1.91. The van der Waals surface area contributed by atoms with Crippen LogP contribution in [0.2, 0.25) is 0 Å². The van der Waals surface area contributed by atoms with Crippen molar-refractivity contribution < 1.29 is 14.6 Å². The predicted octanol–water partition coefficient (Wildman–Crippen LogP) is 2.48. The Morgan fingerprint density at radius 3 is 2.60 bits per heavy atom. The number of aliphatic hydroxyl groups excluding tert-OH is 1. The number of carbonyl (C=O) groups excluding carboxylic acids is 1. The van der Waals surface area contributed by atoms with Crippen molar-refractivity contribution in [3.8, 4) is 5.69 Å². The van der Waals surface area contributed by atoms with Crippen LogP contribution in [0.4, 0.5) is 0 Å². The highest BCUT2D eigenvalue weighted by atomic mass is 16.5. The second-order valence-electron chi connectivity index (χ2n) is 6.94. The predicted molar refractivity (Wildman–Crippen MR) is 94.8 cm³/mol. The van der Waals surface area contributed by atoms with E-state index in [-0.39, 0.29) is 24.0 Å². The third-order valence-electron chi connectivity index (χ3n) is 5.43. The zero-order valence-corrected chi connectivity index (χ0v) is 14.3. The first kappa shape index (κ1) is 16.4. The monoisotopic (exact) mass is 340 g/mol. The maximum atomic E-state index is 13.0. The van der Waals surface area contributed by atoms with E-state index in [9.17, 15) is 9.90 Å². The van der Waals surface area contributed by atoms with Gasteiger partial charge in [0.15, 0.2) is 0 Å². The molecule has 2 saturated heterocycles. The molecule has 2 aromatic rings. The van der Waals surface area contributed by atoms with Crippen molar-refractivity contribution >= 4 is 5.91 Å². The van der Waals surface area contributed by atoms with Gasteiger partial charge < -0.3 is 19.3 Å². The van der Waals surface area contributed by atoms with E-state index in [0.717, 1.165) is 25.1 Å². The van der Waals surface area contributed by atoms with Crippen molar-refractivity contribution in [2.24, 2.45) is 5.92 Å². The van der Waals surface area contributed by atoms with Gasteiger partial charge in [0.1, 0.15) is 0 Å². The lowest BCUT2D eigenvalue weighted by Crippen LogP contribution is -2.48. The van der Waals surface area contributed by atoms with Gasteiger partial charge in [0, 0.05) is 48.8 Å². The molecular weight excluding hydrogens is 316 g/mol. The van der Waals surface area contributed by atoms with Crippen molar-refractivity contribution in [3.63, 3.8) is 0 Å². The zero-order valence-electron chi connectivity index (χ0n) is 14.3. The number of amides is 1. The Bertz CT molecular complexity index is 711. The van der Waals surface area contributed by atoms with Gasteiger partial charge in [0.2, 0.25) is 0 Å². The number of nitrogens with zero attached hydrogens (tertiary/aromatic N) is 2. The van der Waals surface area contributed by atoms with Crippen LogP contribution in [0.1, 0.15) is 29.6 Å². The van der Waals surface area contributed by atoms with E-state index in [2.05, 4.69) is 0 Å². The fourth-order valence-corrected chi connectivity index (χ4v) is 4.05. The Balaban J connectivity index is 1.51. The summed E-state index contributed by atoms with van der Waals surface area (Å²) in [5.74, 6) is 0.0821. The molecule has 2 aliphatic heterocycles. The summed E-state index contributed by atoms with van der Waals surface area (Å²) in [5.41, 5.74) is 1.74. The quantitative estimate of drug-likeness (QED) is 0.934. The molecule has 2 aliphatic rings. The maximum absolute atomic E-state index is 13.0. The second kappa shape index (κ2) is 7.02. The van der Waals surface area contributed by atoms with Gasteiger partial charge in [-0.15, -0.1) is 0 Å². The number of benzene rings is 1. The van der Waals surface area contributed by atoms with E-state index in [1.165, 1.54) is 0 Å². The van der Waals surface area contributed by atoms with E-state index in [4.69, 9.17) is 4.74 Å². The molecule has 132 valence electrons. The number of aliphatic hydroxyl groups is 1. The van der Waals surface area contributed by atoms with Crippen molar-refractivity contribution in [2.45, 2.75) is 31.4 Å². The van der Waals surface area contributed by atoms with E-state index >= 15 is 0 Å². The van der Waals surface area contributed by atoms with Gasteiger partial charge in [-0.05, 0) is 55.7 Å². The van der Waals surface area contributed by atoms with Gasteiger partial charge >= 0.3 is 0 Å². The molecule has 1 aromatic heterocycles. The highest BCUT2D eigenvalue weighted by molar-refractivity contribution is 5.94. The van der Waals surface area contributed by atoms with Crippen LogP contribution in [0, 0.1) is 5.92 Å². The van der Waals surface area contributed by atoms with Crippen LogP contribution >= 0.6 is 0 Å². The molecule has 5 heteroatoms. The minimum atomic E-state index is -0.372. The van der Waals surface area contributed by atoms with Gasteiger partial charge in [-0.25, -0.2) is 0 Å². The van der Waals surface area contributed by atoms with Crippen LogP contribution in [0.5, 0.6) is 0 Å². The molecule has 0 aliphatic carbocycles. The summed E-state index contributed by atoms with van der Waals surface area (Å²) in [5, 5.41) is 10.3. The van der Waals surface area contributed by atoms with Crippen molar-refractivity contribution in [1.82, 2.24) is 9.47 Å². The van der Waals surface area contributed by atoms with Crippen molar-refractivity contribution in [3.05, 3.63) is 54.4 Å². The van der Waals surface area contributed by atoms with Crippen LogP contribution in [0.15, 0.2) is 48.8 Å². The normalized spacial score (nSPS) is 26.8. The highest BCUT2D eigenvalue weighted by Crippen LogP contribution is 2.31. The Hall–Kier alpha value is -2.11. The first-order valence-electron chi connectivity index (χ1n) is 9.04. The first-order chi connectivity index (χ1) is 12.2. The fourth-order valence-electron chi connectivity index (χ4n) is 4.05. The Morgan fingerprint density at radius 2 is 1.88 bits per heavy atom. The standard InChI is InChI=1S/C20H24N2O3/c23-19-9-13-25-14-17(19)18-4-3-12-22(18)20(24)15-5-7-16(8-6-15)21-10-1-2-11-21/h1-2,5-8,10-11,17-19,23H,3-4,9,12-14H2/t17-,18-,19-/m1/s1. The van der Waals surface area contributed by atoms with Crippen molar-refractivity contribution in [1.29, 1.82) is 0 Å². The third-order valence-corrected chi connectivity index (χ3v) is 5.43. The molecule has 0 spiro atoms. The van der Waals surface area contributed by atoms with E-state index in [1.54, 1.807) is 0 Å². The number of likely N-dealkylation sites (tertiary alicyclic amines) is 1. The third kappa shape index (κ3) is 3.22. The zero-order chi connectivity index (χ0) is 17.2. The number of hydrogen-bond acceptors (Lipinski definition) is 3. The molecule has 1 amide bonds. The van der Waals surface area contributed by atoms with Crippen molar-refractivity contribution in [2.75, 3.05) is 19.8 Å². The smallest absolute Gasteiger partial charge is 0.254 e. The van der Waals surface area contributed by atoms with Gasteiger partial charge in [-0.1, -0.05) is 0 Å². The Morgan fingerprint density at radius 1 is 1.12 bits per heavy atom. The van der Waals surface area contributed by atoms with Crippen LogP contribution in [0.3, 0.4) is 0 Å². The molecule has 5 nitrogen and oxygen atoms in total. The summed E-state index contributed by atoms with van der Waals surface area (Å²) in [7, 11) is 0. The molecule has 0 radical (unpaired) electrons. The molecule has 3 atom stereocenters. The molecule has 1 N–H and O–H groups in total. The van der Waals surface area contributed by atoms with E-state index in [1.807, 2.05) is 58.3 Å². The Labute approximate surface area is 147 Å². The lowest BCUT2D eigenvalue weighted by molar-refractivity contribution is -0.0589. The summed E-state index contributed by atoms with van der Waals surface area (Å²) in [4.78, 5) is 14.9. The molecule has 1 aromatic carbocycles. The molecule has 0 saturated carbocycles. The Kier molecular flexibility index (Phi) is 4.59. The lowest BCUT2D eigenvalue weighted by Gasteiger charge is -2.37. The first-order valence-corrected chi connectivity index (χ1v) is 9.04. The van der Waals surface area contributed by atoms with Crippen LogP contribution < -0.4 is 0 Å². The minimum absolute atomic E-state index is 0.0272. The number of hydrogen-bond donors (Lipinski definition) is 1. The SMILES string of the molecule is O=C(c1ccc(-n2cccc2)cc1)N1CCC[C@@H]1[C@H]1COCC[C@H]1O. The lowest BCUT2D eigenvalue weighted by atomic mass is 9.89. The van der Waals surface area contributed by atoms with Crippen LogP contribution in [-0.2, 0) is 4.74 Å². The topological polar surface area (TPSA) is 54.7 Å². The van der Waals surface area contributed by atoms with Gasteiger partial charge in [0.05, 0.1) is 12.7 Å².